The number of H-pyrrole nitrogens is 2. The highest BCUT2D eigenvalue weighted by molar-refractivity contribution is 9.10. The van der Waals surface area contributed by atoms with Crippen molar-refractivity contribution < 1.29 is 0 Å². The fourth-order valence-electron chi connectivity index (χ4n) is 2.15. The van der Waals surface area contributed by atoms with Gasteiger partial charge in [0.05, 0.1) is 5.52 Å². The zero-order valence-corrected chi connectivity index (χ0v) is 11.2. The third kappa shape index (κ3) is 1.45. The van der Waals surface area contributed by atoms with Gasteiger partial charge in [-0.05, 0) is 25.1 Å². The zero-order valence-electron chi connectivity index (χ0n) is 9.58. The molecule has 0 amide bonds. The molecule has 0 fully saturated rings. The molecule has 18 heavy (non-hydrogen) atoms. The summed E-state index contributed by atoms with van der Waals surface area (Å²) in [7, 11) is 0. The minimum Gasteiger partial charge on any atom is -0.349 e. The number of benzene rings is 1. The van der Waals surface area contributed by atoms with Crippen molar-refractivity contribution in [3.8, 4) is 0 Å². The average molecular weight is 308 g/mol. The standard InChI is InChI=1S/C12H10BrN3O2/c1-2-16-11(17)10-9(15-12(16)18)7-4-3-6(13)5-8(7)14-10/h3-5,14H,2H2,1H3,(H,15,18). The fraction of sp³-hybridized carbons (Fsp3) is 0.167. The van der Waals surface area contributed by atoms with Gasteiger partial charge in [0.15, 0.2) is 0 Å². The van der Waals surface area contributed by atoms with Crippen LogP contribution in [0.25, 0.3) is 21.9 Å². The van der Waals surface area contributed by atoms with Crippen LogP contribution in [0.4, 0.5) is 0 Å². The van der Waals surface area contributed by atoms with E-state index in [0.717, 1.165) is 15.4 Å². The molecule has 6 heteroatoms. The molecule has 2 aromatic heterocycles. The Morgan fingerprint density at radius 3 is 2.72 bits per heavy atom. The first kappa shape index (κ1) is 11.3. The molecule has 92 valence electrons. The van der Waals surface area contributed by atoms with Crippen LogP contribution < -0.4 is 11.2 Å². The van der Waals surface area contributed by atoms with Crippen molar-refractivity contribution in [1.82, 2.24) is 14.5 Å². The predicted molar refractivity (Wildman–Crippen MR) is 74.1 cm³/mol. The summed E-state index contributed by atoms with van der Waals surface area (Å²) >= 11 is 3.38. The number of hydrogen-bond acceptors (Lipinski definition) is 2. The van der Waals surface area contributed by atoms with Crippen LogP contribution in [0, 0.1) is 0 Å². The first-order valence-corrected chi connectivity index (χ1v) is 6.35. The minimum atomic E-state index is -0.376. The van der Waals surface area contributed by atoms with Crippen molar-refractivity contribution in [2.45, 2.75) is 13.5 Å². The number of hydrogen-bond donors (Lipinski definition) is 2. The van der Waals surface area contributed by atoms with Gasteiger partial charge in [-0.25, -0.2) is 4.79 Å². The Labute approximate surface area is 110 Å². The van der Waals surface area contributed by atoms with E-state index in [2.05, 4.69) is 25.9 Å². The molecule has 0 saturated heterocycles. The van der Waals surface area contributed by atoms with Crippen LogP contribution in [0.2, 0.25) is 0 Å². The van der Waals surface area contributed by atoms with Crippen LogP contribution in [-0.4, -0.2) is 14.5 Å². The molecule has 0 bridgehead atoms. The Morgan fingerprint density at radius 1 is 1.22 bits per heavy atom. The van der Waals surface area contributed by atoms with E-state index in [0.29, 0.717) is 17.6 Å². The number of fused-ring (bicyclic) bond motifs is 3. The molecule has 2 heterocycles. The molecule has 0 aliphatic carbocycles. The highest BCUT2D eigenvalue weighted by atomic mass is 79.9. The maximum atomic E-state index is 12.1. The molecule has 0 radical (unpaired) electrons. The molecule has 0 spiro atoms. The number of aromatic nitrogens is 3. The van der Waals surface area contributed by atoms with Crippen LogP contribution in [0.1, 0.15) is 6.92 Å². The Hall–Kier alpha value is -1.82. The molecular formula is C12H10BrN3O2. The lowest BCUT2D eigenvalue weighted by Gasteiger charge is -1.99. The van der Waals surface area contributed by atoms with E-state index in [1.165, 1.54) is 4.57 Å². The number of nitrogens with one attached hydrogen (secondary N) is 2. The zero-order chi connectivity index (χ0) is 12.9. The number of halogens is 1. The second-order valence-electron chi connectivity index (χ2n) is 4.04. The van der Waals surface area contributed by atoms with Gasteiger partial charge >= 0.3 is 5.69 Å². The van der Waals surface area contributed by atoms with Crippen molar-refractivity contribution in [1.29, 1.82) is 0 Å². The molecule has 5 nitrogen and oxygen atoms in total. The van der Waals surface area contributed by atoms with Crippen molar-refractivity contribution >= 4 is 37.9 Å². The summed E-state index contributed by atoms with van der Waals surface area (Å²) in [6, 6.07) is 5.62. The van der Waals surface area contributed by atoms with Crippen LogP contribution in [-0.2, 0) is 6.54 Å². The van der Waals surface area contributed by atoms with Crippen LogP contribution in [0.15, 0.2) is 32.3 Å². The second kappa shape index (κ2) is 3.84. The monoisotopic (exact) mass is 307 g/mol. The van der Waals surface area contributed by atoms with E-state index >= 15 is 0 Å². The summed E-state index contributed by atoms with van der Waals surface area (Å²) in [5.41, 5.74) is 1.16. The highest BCUT2D eigenvalue weighted by Gasteiger charge is 2.11. The SMILES string of the molecule is CCn1c(=O)[nH]c2c([nH]c3cc(Br)ccc32)c1=O. The quantitative estimate of drug-likeness (QED) is 0.721. The Morgan fingerprint density at radius 2 is 2.00 bits per heavy atom. The summed E-state index contributed by atoms with van der Waals surface area (Å²) in [4.78, 5) is 29.7. The van der Waals surface area contributed by atoms with E-state index in [9.17, 15) is 9.59 Å². The van der Waals surface area contributed by atoms with Gasteiger partial charge in [-0.3, -0.25) is 9.36 Å². The summed E-state index contributed by atoms with van der Waals surface area (Å²) in [6.07, 6.45) is 0. The van der Waals surface area contributed by atoms with Crippen molar-refractivity contribution in [3.05, 3.63) is 43.5 Å². The van der Waals surface area contributed by atoms with Crippen LogP contribution in [0.5, 0.6) is 0 Å². The lowest BCUT2D eigenvalue weighted by atomic mass is 10.2. The third-order valence-corrected chi connectivity index (χ3v) is 3.51. The molecule has 3 rings (SSSR count). The molecule has 0 aliphatic heterocycles. The van der Waals surface area contributed by atoms with Gasteiger partial charge in [0.1, 0.15) is 5.52 Å². The largest absolute Gasteiger partial charge is 0.349 e. The highest BCUT2D eigenvalue weighted by Crippen LogP contribution is 2.23. The molecule has 0 saturated carbocycles. The van der Waals surface area contributed by atoms with Gasteiger partial charge in [-0.15, -0.1) is 0 Å². The van der Waals surface area contributed by atoms with Gasteiger partial charge in [0.2, 0.25) is 0 Å². The smallest absolute Gasteiger partial charge is 0.328 e. The predicted octanol–water partition coefficient (Wildman–Crippen LogP) is 1.95. The molecule has 2 N–H and O–H groups in total. The van der Waals surface area contributed by atoms with E-state index in [-0.39, 0.29) is 11.2 Å². The normalized spacial score (nSPS) is 11.4. The van der Waals surface area contributed by atoms with Crippen molar-refractivity contribution in [2.75, 3.05) is 0 Å². The molecule has 3 aromatic rings. The van der Waals surface area contributed by atoms with E-state index < -0.39 is 0 Å². The molecule has 1 aromatic carbocycles. The molecular weight excluding hydrogens is 298 g/mol. The lowest BCUT2D eigenvalue weighted by molar-refractivity contribution is 0.683. The van der Waals surface area contributed by atoms with Gasteiger partial charge in [-0.1, -0.05) is 15.9 Å². The lowest BCUT2D eigenvalue weighted by Crippen LogP contribution is -2.34. The third-order valence-electron chi connectivity index (χ3n) is 3.01. The van der Waals surface area contributed by atoms with E-state index in [4.69, 9.17) is 0 Å². The van der Waals surface area contributed by atoms with Gasteiger partial charge < -0.3 is 9.97 Å². The van der Waals surface area contributed by atoms with Gasteiger partial charge in [0.25, 0.3) is 5.56 Å². The number of nitrogens with zero attached hydrogens (tertiary/aromatic N) is 1. The van der Waals surface area contributed by atoms with Crippen LogP contribution in [0.3, 0.4) is 0 Å². The molecule has 0 unspecified atom stereocenters. The Kier molecular flexibility index (Phi) is 2.41. The summed E-state index contributed by atoms with van der Waals surface area (Å²) in [5, 5.41) is 0.839. The fourth-order valence-corrected chi connectivity index (χ4v) is 2.51. The van der Waals surface area contributed by atoms with Crippen LogP contribution >= 0.6 is 15.9 Å². The van der Waals surface area contributed by atoms with E-state index in [1.54, 1.807) is 6.92 Å². The second-order valence-corrected chi connectivity index (χ2v) is 4.96. The van der Waals surface area contributed by atoms with Gasteiger partial charge in [-0.2, -0.15) is 0 Å². The summed E-state index contributed by atoms with van der Waals surface area (Å²) < 4.78 is 2.09. The Balaban J connectivity index is 2.59. The minimum absolute atomic E-state index is 0.288. The first-order chi connectivity index (χ1) is 8.61. The van der Waals surface area contributed by atoms with Crippen molar-refractivity contribution in [3.63, 3.8) is 0 Å². The molecule has 0 atom stereocenters. The number of aromatic amines is 2. The maximum Gasteiger partial charge on any atom is 0.328 e. The number of rotatable bonds is 1. The topological polar surface area (TPSA) is 70.7 Å². The summed E-state index contributed by atoms with van der Waals surface area (Å²) in [5.74, 6) is 0. The average Bonchev–Trinajstić information content (AvgIpc) is 2.67. The Bertz CT molecular complexity index is 873. The van der Waals surface area contributed by atoms with Gasteiger partial charge in [0, 0.05) is 21.9 Å². The molecule has 0 aliphatic rings. The maximum absolute atomic E-state index is 12.1. The first-order valence-electron chi connectivity index (χ1n) is 5.56. The van der Waals surface area contributed by atoms with Crippen molar-refractivity contribution in [2.24, 2.45) is 0 Å². The summed E-state index contributed by atoms with van der Waals surface area (Å²) in [6.45, 7) is 2.12. The van der Waals surface area contributed by atoms with E-state index in [1.807, 2.05) is 18.2 Å².